The summed E-state index contributed by atoms with van der Waals surface area (Å²) in [4.78, 5) is 27.1. The van der Waals surface area contributed by atoms with Gasteiger partial charge in [-0.15, -0.1) is 0 Å². The summed E-state index contributed by atoms with van der Waals surface area (Å²) < 4.78 is 10.5. The summed E-state index contributed by atoms with van der Waals surface area (Å²) in [6, 6.07) is 0. The van der Waals surface area contributed by atoms with Crippen molar-refractivity contribution in [1.82, 2.24) is 10.3 Å². The van der Waals surface area contributed by atoms with Gasteiger partial charge in [0.1, 0.15) is 5.69 Å². The summed E-state index contributed by atoms with van der Waals surface area (Å²) in [5.74, 6) is -0.614. The minimum absolute atomic E-state index is 0.213. The largest absolute Gasteiger partial charge is 0.462 e. The van der Waals surface area contributed by atoms with E-state index in [0.29, 0.717) is 42.3 Å². The highest BCUT2D eigenvalue weighted by atomic mass is 16.5. The summed E-state index contributed by atoms with van der Waals surface area (Å²) in [5.41, 5.74) is 2.13. The number of aromatic amines is 1. The number of hydrogen-bond donors (Lipinski definition) is 2. The number of aryl methyl sites for hydroxylation is 1. The van der Waals surface area contributed by atoms with Crippen molar-refractivity contribution in [3.8, 4) is 0 Å². The standard InChI is InChI=1S/C17H28N2O4/c1-5-7-10-22-11-8-9-18-16(20)15-12(3)14(13(4)19-15)17(21)23-6-2/h19H,5-11H2,1-4H3,(H,18,20). The van der Waals surface area contributed by atoms with E-state index in [4.69, 9.17) is 9.47 Å². The molecule has 1 amide bonds. The molecular weight excluding hydrogens is 296 g/mol. The zero-order valence-corrected chi connectivity index (χ0v) is 14.6. The van der Waals surface area contributed by atoms with Gasteiger partial charge in [-0.2, -0.15) is 0 Å². The molecule has 6 nitrogen and oxygen atoms in total. The van der Waals surface area contributed by atoms with Crippen LogP contribution in [0.25, 0.3) is 0 Å². The molecule has 0 radical (unpaired) electrons. The number of unbranched alkanes of at least 4 members (excludes halogenated alkanes) is 1. The molecule has 23 heavy (non-hydrogen) atoms. The minimum atomic E-state index is -0.401. The lowest BCUT2D eigenvalue weighted by atomic mass is 10.1. The summed E-state index contributed by atoms with van der Waals surface area (Å²) in [5, 5.41) is 2.84. The molecule has 0 atom stereocenters. The van der Waals surface area contributed by atoms with E-state index in [1.807, 2.05) is 0 Å². The van der Waals surface area contributed by atoms with Crippen molar-refractivity contribution in [1.29, 1.82) is 0 Å². The Labute approximate surface area is 137 Å². The van der Waals surface area contributed by atoms with Crippen LogP contribution in [-0.4, -0.2) is 43.2 Å². The Bertz CT molecular complexity index is 523. The van der Waals surface area contributed by atoms with E-state index >= 15 is 0 Å². The lowest BCUT2D eigenvalue weighted by molar-refractivity contribution is 0.0525. The van der Waals surface area contributed by atoms with Gasteiger partial charge in [0.25, 0.3) is 5.91 Å². The van der Waals surface area contributed by atoms with Crippen LogP contribution in [0.5, 0.6) is 0 Å². The number of amides is 1. The van der Waals surface area contributed by atoms with Crippen LogP contribution in [0.1, 0.15) is 65.2 Å². The second-order valence-corrected chi connectivity index (χ2v) is 5.42. The molecular formula is C17H28N2O4. The van der Waals surface area contributed by atoms with Crippen LogP contribution >= 0.6 is 0 Å². The number of carbonyl (C=O) groups excluding carboxylic acids is 2. The third-order valence-corrected chi connectivity index (χ3v) is 3.54. The predicted molar refractivity (Wildman–Crippen MR) is 88.9 cm³/mol. The van der Waals surface area contributed by atoms with Crippen molar-refractivity contribution in [2.75, 3.05) is 26.4 Å². The molecule has 0 fully saturated rings. The Balaban J connectivity index is 2.51. The van der Waals surface area contributed by atoms with Crippen molar-refractivity contribution in [2.45, 2.75) is 47.0 Å². The molecule has 2 N–H and O–H groups in total. The van der Waals surface area contributed by atoms with Gasteiger partial charge in [0.15, 0.2) is 0 Å². The average molecular weight is 324 g/mol. The second kappa shape index (κ2) is 10.0. The minimum Gasteiger partial charge on any atom is -0.462 e. The summed E-state index contributed by atoms with van der Waals surface area (Å²) in [6.07, 6.45) is 2.94. The van der Waals surface area contributed by atoms with Crippen LogP contribution in [0.3, 0.4) is 0 Å². The SMILES string of the molecule is CCCCOCCCNC(=O)c1[nH]c(C)c(C(=O)OCC)c1C. The van der Waals surface area contributed by atoms with Gasteiger partial charge in [0.05, 0.1) is 12.2 Å². The van der Waals surface area contributed by atoms with Crippen molar-refractivity contribution in [2.24, 2.45) is 0 Å². The molecule has 0 unspecified atom stereocenters. The Morgan fingerprint density at radius 3 is 2.48 bits per heavy atom. The third kappa shape index (κ3) is 5.71. The number of rotatable bonds is 10. The van der Waals surface area contributed by atoms with Gasteiger partial charge in [-0.3, -0.25) is 4.79 Å². The zero-order valence-electron chi connectivity index (χ0n) is 14.6. The molecule has 0 aliphatic rings. The van der Waals surface area contributed by atoms with Gasteiger partial charge in [-0.05, 0) is 39.2 Å². The molecule has 6 heteroatoms. The van der Waals surface area contributed by atoms with E-state index in [0.717, 1.165) is 25.9 Å². The zero-order chi connectivity index (χ0) is 17.2. The first kappa shape index (κ1) is 19.2. The number of nitrogens with one attached hydrogen (secondary N) is 2. The molecule has 0 saturated heterocycles. The van der Waals surface area contributed by atoms with E-state index in [1.165, 1.54) is 0 Å². The highest BCUT2D eigenvalue weighted by molar-refractivity contribution is 6.00. The monoisotopic (exact) mass is 324 g/mol. The fourth-order valence-electron chi connectivity index (χ4n) is 2.30. The van der Waals surface area contributed by atoms with Crippen molar-refractivity contribution in [3.63, 3.8) is 0 Å². The lowest BCUT2D eigenvalue weighted by Crippen LogP contribution is -2.26. The molecule has 130 valence electrons. The van der Waals surface area contributed by atoms with E-state index in [-0.39, 0.29) is 5.91 Å². The topological polar surface area (TPSA) is 80.4 Å². The molecule has 0 aliphatic carbocycles. The fourth-order valence-corrected chi connectivity index (χ4v) is 2.30. The average Bonchev–Trinajstić information content (AvgIpc) is 2.81. The molecule has 0 aliphatic heterocycles. The van der Waals surface area contributed by atoms with E-state index in [9.17, 15) is 9.59 Å². The highest BCUT2D eigenvalue weighted by Crippen LogP contribution is 2.19. The van der Waals surface area contributed by atoms with Crippen LogP contribution in [0.2, 0.25) is 0 Å². The molecule has 0 bridgehead atoms. The fraction of sp³-hybridized carbons (Fsp3) is 0.647. The number of ether oxygens (including phenoxy) is 2. The Morgan fingerprint density at radius 2 is 1.83 bits per heavy atom. The molecule has 1 aromatic rings. The van der Waals surface area contributed by atoms with E-state index < -0.39 is 5.97 Å². The molecule has 0 aromatic carbocycles. The lowest BCUT2D eigenvalue weighted by Gasteiger charge is -2.06. The Kier molecular flexibility index (Phi) is 8.40. The number of carbonyl (C=O) groups is 2. The summed E-state index contributed by atoms with van der Waals surface area (Å²) >= 11 is 0. The van der Waals surface area contributed by atoms with Crippen LogP contribution in [0, 0.1) is 13.8 Å². The molecule has 0 spiro atoms. The first-order valence-electron chi connectivity index (χ1n) is 8.25. The number of esters is 1. The Morgan fingerprint density at radius 1 is 1.13 bits per heavy atom. The summed E-state index contributed by atoms with van der Waals surface area (Å²) in [6.45, 7) is 9.63. The molecule has 0 saturated carbocycles. The van der Waals surface area contributed by atoms with Crippen LogP contribution in [0.15, 0.2) is 0 Å². The van der Waals surface area contributed by atoms with Crippen molar-refractivity contribution in [3.05, 3.63) is 22.5 Å². The maximum Gasteiger partial charge on any atom is 0.340 e. The first-order valence-corrected chi connectivity index (χ1v) is 8.25. The normalized spacial score (nSPS) is 10.6. The number of aromatic nitrogens is 1. The van der Waals surface area contributed by atoms with Crippen LogP contribution in [-0.2, 0) is 9.47 Å². The van der Waals surface area contributed by atoms with Crippen LogP contribution < -0.4 is 5.32 Å². The van der Waals surface area contributed by atoms with Crippen LogP contribution in [0.4, 0.5) is 0 Å². The molecule has 1 heterocycles. The maximum absolute atomic E-state index is 12.2. The van der Waals surface area contributed by atoms with E-state index in [1.54, 1.807) is 20.8 Å². The summed E-state index contributed by atoms with van der Waals surface area (Å²) in [7, 11) is 0. The quantitative estimate of drug-likeness (QED) is 0.512. The maximum atomic E-state index is 12.2. The van der Waals surface area contributed by atoms with E-state index in [2.05, 4.69) is 17.2 Å². The molecule has 1 aromatic heterocycles. The first-order chi connectivity index (χ1) is 11.0. The second-order valence-electron chi connectivity index (χ2n) is 5.42. The van der Waals surface area contributed by atoms with Crippen molar-refractivity contribution >= 4 is 11.9 Å². The third-order valence-electron chi connectivity index (χ3n) is 3.54. The van der Waals surface area contributed by atoms with Gasteiger partial charge in [-0.1, -0.05) is 13.3 Å². The number of hydrogen-bond acceptors (Lipinski definition) is 4. The van der Waals surface area contributed by atoms with Gasteiger partial charge in [-0.25, -0.2) is 4.79 Å². The smallest absolute Gasteiger partial charge is 0.340 e. The highest BCUT2D eigenvalue weighted by Gasteiger charge is 2.22. The van der Waals surface area contributed by atoms with Gasteiger partial charge >= 0.3 is 5.97 Å². The van der Waals surface area contributed by atoms with Gasteiger partial charge < -0.3 is 19.8 Å². The Hall–Kier alpha value is -1.82. The predicted octanol–water partition coefficient (Wildman–Crippen LogP) is 2.74. The molecule has 1 rings (SSSR count). The number of H-pyrrole nitrogens is 1. The van der Waals surface area contributed by atoms with Crippen molar-refractivity contribution < 1.29 is 19.1 Å². The van der Waals surface area contributed by atoms with Gasteiger partial charge in [0, 0.05) is 25.5 Å². The van der Waals surface area contributed by atoms with Gasteiger partial charge in [0.2, 0.25) is 0 Å².